The van der Waals surface area contributed by atoms with Gasteiger partial charge in [0.25, 0.3) is 0 Å². The molecule has 2 aromatic carbocycles. The van der Waals surface area contributed by atoms with Crippen LogP contribution in [0.4, 0.5) is 5.69 Å². The minimum Gasteiger partial charge on any atom is -0.370 e. The predicted octanol–water partition coefficient (Wildman–Crippen LogP) is 4.00. The topological polar surface area (TPSA) is 67.4 Å². The number of hydrogen-bond donors (Lipinski definition) is 2. The van der Waals surface area contributed by atoms with Crippen LogP contribution in [0.3, 0.4) is 0 Å². The number of benzene rings is 2. The molecule has 1 saturated heterocycles. The van der Waals surface area contributed by atoms with Crippen LogP contribution in [0, 0.1) is 0 Å². The molecule has 0 unspecified atom stereocenters. The van der Waals surface area contributed by atoms with Crippen molar-refractivity contribution in [2.24, 2.45) is 0 Å². The van der Waals surface area contributed by atoms with Gasteiger partial charge in [-0.2, -0.15) is 0 Å². The summed E-state index contributed by atoms with van der Waals surface area (Å²) in [4.78, 5) is 22.8. The highest BCUT2D eigenvalue weighted by atomic mass is 16.5. The number of amides is 2. The highest BCUT2D eigenvalue weighted by molar-refractivity contribution is 5.88. The molecule has 0 spiro atoms. The van der Waals surface area contributed by atoms with Gasteiger partial charge in [0.2, 0.25) is 11.8 Å². The van der Waals surface area contributed by atoms with Crippen LogP contribution in [-0.4, -0.2) is 24.0 Å². The van der Waals surface area contributed by atoms with E-state index in [1.807, 2.05) is 30.3 Å². The van der Waals surface area contributed by atoms with Crippen molar-refractivity contribution in [1.82, 2.24) is 5.32 Å². The van der Waals surface area contributed by atoms with Crippen molar-refractivity contribution in [3.05, 3.63) is 65.7 Å². The van der Waals surface area contributed by atoms with E-state index in [4.69, 9.17) is 4.74 Å². The molecule has 5 nitrogen and oxygen atoms in total. The van der Waals surface area contributed by atoms with Gasteiger partial charge in [0, 0.05) is 25.6 Å². The molecule has 0 saturated carbocycles. The number of hydrogen-bond acceptors (Lipinski definition) is 3. The number of carbonyl (C=O) groups is 2. The van der Waals surface area contributed by atoms with Crippen LogP contribution in [0.2, 0.25) is 0 Å². The summed E-state index contributed by atoms with van der Waals surface area (Å²) < 4.78 is 6.39. The van der Waals surface area contributed by atoms with E-state index in [-0.39, 0.29) is 30.1 Å². The van der Waals surface area contributed by atoms with Crippen molar-refractivity contribution in [3.63, 3.8) is 0 Å². The van der Waals surface area contributed by atoms with Gasteiger partial charge in [-0.25, -0.2) is 0 Å². The lowest BCUT2D eigenvalue weighted by Crippen LogP contribution is -2.42. The van der Waals surface area contributed by atoms with Crippen LogP contribution in [0.5, 0.6) is 0 Å². The number of carbonyl (C=O) groups excluding carboxylic acids is 2. The second-order valence-corrected chi connectivity index (χ2v) is 7.44. The van der Waals surface area contributed by atoms with E-state index in [0.717, 1.165) is 36.9 Å². The van der Waals surface area contributed by atoms with Gasteiger partial charge >= 0.3 is 0 Å². The van der Waals surface area contributed by atoms with Crippen LogP contribution in [0.1, 0.15) is 50.3 Å². The molecule has 0 aliphatic carbocycles. The van der Waals surface area contributed by atoms with Gasteiger partial charge in [0.1, 0.15) is 0 Å². The number of anilines is 1. The first-order valence-electron chi connectivity index (χ1n) is 9.83. The average Bonchev–Trinajstić information content (AvgIpc) is 2.67. The molecule has 1 heterocycles. The zero-order chi connectivity index (χ0) is 19.9. The fourth-order valence-electron chi connectivity index (χ4n) is 3.78. The summed E-state index contributed by atoms with van der Waals surface area (Å²) >= 11 is 0. The summed E-state index contributed by atoms with van der Waals surface area (Å²) in [6.45, 7) is 3.05. The minimum atomic E-state index is -0.0895. The van der Waals surface area contributed by atoms with Gasteiger partial charge in [0.15, 0.2) is 0 Å². The standard InChI is InChI=1S/C23H28N2O3/c1-16(26)24-20-11-9-19(10-12-20)23-15-21(25-17(2)27)14-22(28-23)13-8-18-6-4-3-5-7-18/h3-7,9-12,21-23H,8,13-15H2,1-2H3,(H,24,26)(H,25,27)/t21-,22+,23+/m0/s1. The summed E-state index contributed by atoms with van der Waals surface area (Å²) in [6.07, 6.45) is 3.46. The van der Waals surface area contributed by atoms with E-state index in [1.54, 1.807) is 6.92 Å². The quantitative estimate of drug-likeness (QED) is 0.796. The maximum atomic E-state index is 11.6. The van der Waals surface area contributed by atoms with Gasteiger partial charge in [0.05, 0.1) is 12.2 Å². The van der Waals surface area contributed by atoms with E-state index in [0.29, 0.717) is 0 Å². The van der Waals surface area contributed by atoms with E-state index in [9.17, 15) is 9.59 Å². The summed E-state index contributed by atoms with van der Waals surface area (Å²) in [7, 11) is 0. The van der Waals surface area contributed by atoms with Crippen molar-refractivity contribution in [3.8, 4) is 0 Å². The van der Waals surface area contributed by atoms with Gasteiger partial charge in [-0.1, -0.05) is 42.5 Å². The van der Waals surface area contributed by atoms with Crippen molar-refractivity contribution in [1.29, 1.82) is 0 Å². The second-order valence-electron chi connectivity index (χ2n) is 7.44. The van der Waals surface area contributed by atoms with E-state index in [1.165, 1.54) is 12.5 Å². The summed E-state index contributed by atoms with van der Waals surface area (Å²) in [5.41, 5.74) is 3.13. The normalized spacial score (nSPS) is 21.7. The molecule has 28 heavy (non-hydrogen) atoms. The van der Waals surface area contributed by atoms with Gasteiger partial charge < -0.3 is 15.4 Å². The molecule has 1 fully saturated rings. The highest BCUT2D eigenvalue weighted by Crippen LogP contribution is 2.33. The number of nitrogens with one attached hydrogen (secondary N) is 2. The van der Waals surface area contributed by atoms with E-state index >= 15 is 0 Å². The summed E-state index contributed by atoms with van der Waals surface area (Å²) in [5, 5.41) is 5.85. The molecular formula is C23H28N2O3. The lowest BCUT2D eigenvalue weighted by Gasteiger charge is -2.36. The Balaban J connectivity index is 1.68. The predicted molar refractivity (Wildman–Crippen MR) is 110 cm³/mol. The lowest BCUT2D eigenvalue weighted by molar-refractivity contribution is -0.122. The molecule has 0 aromatic heterocycles. The molecule has 3 rings (SSSR count). The van der Waals surface area contributed by atoms with Crippen molar-refractivity contribution in [2.45, 2.75) is 57.8 Å². The molecule has 0 radical (unpaired) electrons. The summed E-state index contributed by atoms with van der Waals surface area (Å²) in [6, 6.07) is 18.2. The highest BCUT2D eigenvalue weighted by Gasteiger charge is 2.30. The molecule has 1 aliphatic heterocycles. The van der Waals surface area contributed by atoms with E-state index < -0.39 is 0 Å². The fraction of sp³-hybridized carbons (Fsp3) is 0.391. The molecule has 2 aromatic rings. The molecule has 2 N–H and O–H groups in total. The smallest absolute Gasteiger partial charge is 0.221 e. The third-order valence-corrected chi connectivity index (χ3v) is 5.01. The van der Waals surface area contributed by atoms with Crippen molar-refractivity contribution >= 4 is 17.5 Å². The first-order valence-corrected chi connectivity index (χ1v) is 9.83. The zero-order valence-electron chi connectivity index (χ0n) is 16.5. The largest absolute Gasteiger partial charge is 0.370 e. The minimum absolute atomic E-state index is 0.00605. The Labute approximate surface area is 166 Å². The first-order chi connectivity index (χ1) is 13.5. The number of aryl methyl sites for hydroxylation is 1. The fourth-order valence-corrected chi connectivity index (χ4v) is 3.78. The molecule has 2 amide bonds. The van der Waals surface area contributed by atoms with E-state index in [2.05, 4.69) is 34.9 Å². The third-order valence-electron chi connectivity index (χ3n) is 5.01. The van der Waals surface area contributed by atoms with Crippen LogP contribution < -0.4 is 10.6 Å². The second kappa shape index (κ2) is 9.51. The molecule has 3 atom stereocenters. The van der Waals surface area contributed by atoms with Crippen LogP contribution in [-0.2, 0) is 20.7 Å². The lowest BCUT2D eigenvalue weighted by atomic mass is 9.91. The number of rotatable bonds is 6. The van der Waals surface area contributed by atoms with Crippen LogP contribution >= 0.6 is 0 Å². The van der Waals surface area contributed by atoms with Gasteiger partial charge in [-0.05, 0) is 48.9 Å². The Hall–Kier alpha value is -2.66. The van der Waals surface area contributed by atoms with Gasteiger partial charge in [-0.15, -0.1) is 0 Å². The van der Waals surface area contributed by atoms with Crippen LogP contribution in [0.15, 0.2) is 54.6 Å². The SMILES string of the molecule is CC(=O)Nc1ccc([C@H]2C[C@@H](NC(C)=O)C[C@@H](CCc3ccccc3)O2)cc1. The van der Waals surface area contributed by atoms with Crippen molar-refractivity contribution in [2.75, 3.05) is 5.32 Å². The number of ether oxygens (including phenoxy) is 1. The van der Waals surface area contributed by atoms with Gasteiger partial charge in [-0.3, -0.25) is 9.59 Å². The van der Waals surface area contributed by atoms with Crippen molar-refractivity contribution < 1.29 is 14.3 Å². The molecule has 5 heteroatoms. The Morgan fingerprint density at radius 2 is 1.68 bits per heavy atom. The Kier molecular flexibility index (Phi) is 6.82. The Morgan fingerprint density at radius 3 is 2.32 bits per heavy atom. The summed E-state index contributed by atoms with van der Waals surface area (Å²) in [5.74, 6) is -0.0955. The Bertz CT molecular complexity index is 789. The molecular weight excluding hydrogens is 352 g/mol. The maximum Gasteiger partial charge on any atom is 0.221 e. The first kappa shape index (κ1) is 20.1. The molecule has 148 valence electrons. The Morgan fingerprint density at radius 1 is 0.964 bits per heavy atom. The third kappa shape index (κ3) is 5.92. The molecule has 0 bridgehead atoms. The average molecular weight is 380 g/mol. The maximum absolute atomic E-state index is 11.6. The monoisotopic (exact) mass is 380 g/mol. The zero-order valence-corrected chi connectivity index (χ0v) is 16.5. The molecule has 1 aliphatic rings. The van der Waals surface area contributed by atoms with Crippen LogP contribution in [0.25, 0.3) is 0 Å².